The second-order valence-electron chi connectivity index (χ2n) is 5.08. The summed E-state index contributed by atoms with van der Waals surface area (Å²) in [5.41, 5.74) is 6.21. The number of imidazole rings is 1. The summed E-state index contributed by atoms with van der Waals surface area (Å²) in [6.07, 6.45) is 7.25. The summed E-state index contributed by atoms with van der Waals surface area (Å²) in [6.45, 7) is 0. The van der Waals surface area contributed by atoms with Crippen LogP contribution in [-0.4, -0.2) is 32.4 Å². The second kappa shape index (κ2) is 3.84. The Morgan fingerprint density at radius 1 is 1.41 bits per heavy atom. The fourth-order valence-corrected chi connectivity index (χ4v) is 2.70. The van der Waals surface area contributed by atoms with Crippen molar-refractivity contribution < 1.29 is 4.79 Å². The standard InChI is InChI=1S/C12H18N4O/c1-15-7-6-14-12(15)11-9(13)4-5-10(17)16(11)8-2-3-8/h6-9,11H,2-5,13H2,1H3. The lowest BCUT2D eigenvalue weighted by Gasteiger charge is -2.39. The number of likely N-dealkylation sites (tertiary alicyclic amines) is 1. The molecule has 0 spiro atoms. The summed E-state index contributed by atoms with van der Waals surface area (Å²) >= 11 is 0. The minimum atomic E-state index is -0.0382. The highest BCUT2D eigenvalue weighted by Gasteiger charge is 2.44. The van der Waals surface area contributed by atoms with Crippen molar-refractivity contribution in [2.24, 2.45) is 12.8 Å². The maximum Gasteiger partial charge on any atom is 0.223 e. The lowest BCUT2D eigenvalue weighted by molar-refractivity contribution is -0.138. The number of aryl methyl sites for hydroxylation is 1. The topological polar surface area (TPSA) is 64.2 Å². The number of hydrogen-bond donors (Lipinski definition) is 1. The summed E-state index contributed by atoms with van der Waals surface area (Å²) in [4.78, 5) is 18.4. The molecule has 1 aliphatic carbocycles. The molecule has 5 heteroatoms. The van der Waals surface area contributed by atoms with E-state index in [1.165, 1.54) is 0 Å². The number of rotatable bonds is 2. The molecule has 17 heavy (non-hydrogen) atoms. The van der Waals surface area contributed by atoms with Crippen molar-refractivity contribution >= 4 is 5.91 Å². The maximum absolute atomic E-state index is 12.1. The highest BCUT2D eigenvalue weighted by atomic mass is 16.2. The van der Waals surface area contributed by atoms with Gasteiger partial charge in [-0.1, -0.05) is 0 Å². The van der Waals surface area contributed by atoms with Crippen molar-refractivity contribution in [1.82, 2.24) is 14.5 Å². The van der Waals surface area contributed by atoms with Gasteiger partial charge in [0, 0.05) is 37.9 Å². The van der Waals surface area contributed by atoms with Gasteiger partial charge in [-0.05, 0) is 19.3 Å². The number of carbonyl (C=O) groups excluding carboxylic acids is 1. The van der Waals surface area contributed by atoms with Gasteiger partial charge in [-0.3, -0.25) is 4.79 Å². The predicted octanol–water partition coefficient (Wildman–Crippen LogP) is 0.573. The third-order valence-electron chi connectivity index (χ3n) is 3.75. The normalized spacial score (nSPS) is 29.8. The van der Waals surface area contributed by atoms with Crippen LogP contribution in [0.1, 0.15) is 37.5 Å². The van der Waals surface area contributed by atoms with E-state index in [0.29, 0.717) is 12.5 Å². The Bertz CT molecular complexity index is 437. The van der Waals surface area contributed by atoms with E-state index in [0.717, 1.165) is 25.1 Å². The minimum absolute atomic E-state index is 0.00870. The Morgan fingerprint density at radius 3 is 2.76 bits per heavy atom. The molecule has 3 rings (SSSR count). The van der Waals surface area contributed by atoms with Gasteiger partial charge in [0.2, 0.25) is 5.91 Å². The monoisotopic (exact) mass is 234 g/mol. The molecule has 0 radical (unpaired) electrons. The summed E-state index contributed by atoms with van der Waals surface area (Å²) in [6, 6.07) is 0.369. The first kappa shape index (κ1) is 10.8. The number of hydrogen-bond acceptors (Lipinski definition) is 3. The lowest BCUT2D eigenvalue weighted by atomic mass is 9.95. The molecule has 2 heterocycles. The Labute approximate surface area is 101 Å². The molecule has 92 valence electrons. The molecular formula is C12H18N4O. The molecule has 0 aromatic carbocycles. The summed E-state index contributed by atoms with van der Waals surface area (Å²) in [7, 11) is 1.96. The molecule has 1 aromatic rings. The first-order chi connectivity index (χ1) is 8.18. The lowest BCUT2D eigenvalue weighted by Crippen LogP contribution is -2.50. The van der Waals surface area contributed by atoms with Crippen LogP contribution in [0.3, 0.4) is 0 Å². The largest absolute Gasteiger partial charge is 0.336 e. The van der Waals surface area contributed by atoms with Crippen LogP contribution in [0.25, 0.3) is 0 Å². The van der Waals surface area contributed by atoms with Crippen LogP contribution in [0.15, 0.2) is 12.4 Å². The van der Waals surface area contributed by atoms with E-state index in [1.807, 2.05) is 22.7 Å². The number of nitrogens with zero attached hydrogens (tertiary/aromatic N) is 3. The van der Waals surface area contributed by atoms with Crippen LogP contribution in [0.4, 0.5) is 0 Å². The Morgan fingerprint density at radius 2 is 2.18 bits per heavy atom. The molecule has 2 fully saturated rings. The number of amides is 1. The van der Waals surface area contributed by atoms with Gasteiger partial charge in [-0.25, -0.2) is 4.98 Å². The number of piperidine rings is 1. The minimum Gasteiger partial charge on any atom is -0.336 e. The van der Waals surface area contributed by atoms with E-state index in [4.69, 9.17) is 5.73 Å². The zero-order valence-corrected chi connectivity index (χ0v) is 10.0. The third-order valence-corrected chi connectivity index (χ3v) is 3.75. The van der Waals surface area contributed by atoms with Crippen LogP contribution < -0.4 is 5.73 Å². The zero-order chi connectivity index (χ0) is 12.0. The van der Waals surface area contributed by atoms with Gasteiger partial charge < -0.3 is 15.2 Å². The van der Waals surface area contributed by atoms with Gasteiger partial charge in [0.15, 0.2) is 0 Å². The summed E-state index contributed by atoms with van der Waals surface area (Å²) < 4.78 is 1.97. The Kier molecular flexibility index (Phi) is 2.43. The Hall–Kier alpha value is -1.36. The van der Waals surface area contributed by atoms with Crippen LogP contribution in [-0.2, 0) is 11.8 Å². The molecule has 2 aliphatic rings. The molecule has 1 saturated carbocycles. The van der Waals surface area contributed by atoms with Crippen molar-refractivity contribution in [1.29, 1.82) is 0 Å². The average molecular weight is 234 g/mol. The van der Waals surface area contributed by atoms with Crippen LogP contribution in [0.2, 0.25) is 0 Å². The quantitative estimate of drug-likeness (QED) is 0.813. The molecule has 2 unspecified atom stereocenters. The zero-order valence-electron chi connectivity index (χ0n) is 10.0. The number of aromatic nitrogens is 2. The predicted molar refractivity (Wildman–Crippen MR) is 63.0 cm³/mol. The van der Waals surface area contributed by atoms with Gasteiger partial charge >= 0.3 is 0 Å². The smallest absolute Gasteiger partial charge is 0.223 e. The van der Waals surface area contributed by atoms with Crippen LogP contribution in [0.5, 0.6) is 0 Å². The maximum atomic E-state index is 12.1. The molecule has 1 amide bonds. The molecule has 2 atom stereocenters. The fraction of sp³-hybridized carbons (Fsp3) is 0.667. The van der Waals surface area contributed by atoms with E-state index >= 15 is 0 Å². The SMILES string of the molecule is Cn1ccnc1C1C(N)CCC(=O)N1C1CC1. The van der Waals surface area contributed by atoms with Crippen molar-refractivity contribution in [2.45, 2.75) is 43.8 Å². The van der Waals surface area contributed by atoms with E-state index in [-0.39, 0.29) is 18.0 Å². The van der Waals surface area contributed by atoms with E-state index in [1.54, 1.807) is 6.20 Å². The molecule has 1 saturated heterocycles. The highest BCUT2D eigenvalue weighted by Crippen LogP contribution is 2.39. The van der Waals surface area contributed by atoms with Crippen molar-refractivity contribution in [3.8, 4) is 0 Å². The molecular weight excluding hydrogens is 216 g/mol. The molecule has 1 aliphatic heterocycles. The summed E-state index contributed by atoms with van der Waals surface area (Å²) in [5, 5.41) is 0. The van der Waals surface area contributed by atoms with Crippen molar-refractivity contribution in [2.75, 3.05) is 0 Å². The van der Waals surface area contributed by atoms with Gasteiger partial charge in [0.25, 0.3) is 0 Å². The average Bonchev–Trinajstić information content (AvgIpc) is 3.05. The second-order valence-corrected chi connectivity index (χ2v) is 5.08. The summed E-state index contributed by atoms with van der Waals surface area (Å²) in [5.74, 6) is 1.15. The number of carbonyl (C=O) groups is 1. The molecule has 1 aromatic heterocycles. The molecule has 5 nitrogen and oxygen atoms in total. The molecule has 2 N–H and O–H groups in total. The van der Waals surface area contributed by atoms with E-state index < -0.39 is 0 Å². The van der Waals surface area contributed by atoms with Crippen molar-refractivity contribution in [3.05, 3.63) is 18.2 Å². The van der Waals surface area contributed by atoms with Gasteiger partial charge in [-0.15, -0.1) is 0 Å². The number of nitrogens with two attached hydrogens (primary N) is 1. The van der Waals surface area contributed by atoms with Crippen LogP contribution in [0, 0.1) is 0 Å². The van der Waals surface area contributed by atoms with Gasteiger partial charge in [0.1, 0.15) is 11.9 Å². The van der Waals surface area contributed by atoms with Crippen molar-refractivity contribution in [3.63, 3.8) is 0 Å². The van der Waals surface area contributed by atoms with Gasteiger partial charge in [-0.2, -0.15) is 0 Å². The fourth-order valence-electron chi connectivity index (χ4n) is 2.70. The van der Waals surface area contributed by atoms with E-state index in [2.05, 4.69) is 4.98 Å². The third kappa shape index (κ3) is 1.74. The first-order valence-electron chi connectivity index (χ1n) is 6.22. The highest BCUT2D eigenvalue weighted by molar-refractivity contribution is 5.78. The van der Waals surface area contributed by atoms with Crippen LogP contribution >= 0.6 is 0 Å². The van der Waals surface area contributed by atoms with Gasteiger partial charge in [0.05, 0.1) is 0 Å². The molecule has 0 bridgehead atoms. The van der Waals surface area contributed by atoms with E-state index in [9.17, 15) is 4.79 Å². The Balaban J connectivity index is 1.97. The first-order valence-corrected chi connectivity index (χ1v) is 6.22.